The van der Waals surface area contributed by atoms with E-state index >= 15 is 0 Å². The molecule has 1 N–H and O–H groups in total. The number of hydrogen-bond donors (Lipinski definition) is 1. The molecule has 2 aromatic rings. The number of halogens is 3. The van der Waals surface area contributed by atoms with Crippen LogP contribution in [0.4, 0.5) is 18.9 Å². The molecule has 0 bridgehead atoms. The number of rotatable bonds is 7. The zero-order valence-corrected chi connectivity index (χ0v) is 18.8. The molecule has 1 aromatic heterocycles. The van der Waals surface area contributed by atoms with E-state index in [-0.39, 0.29) is 30.4 Å². The SMILES string of the molecule is CC(Cn1nc(C(F)(F)F)cc1C1CC1)C(=O)Nc1ccc(S(=O)(=O)N2CCOCC2)cc1. The van der Waals surface area contributed by atoms with Gasteiger partial charge in [-0.1, -0.05) is 6.92 Å². The minimum atomic E-state index is -4.54. The van der Waals surface area contributed by atoms with Crippen LogP contribution in [0.3, 0.4) is 0 Å². The molecule has 4 rings (SSSR count). The zero-order valence-electron chi connectivity index (χ0n) is 18.0. The molecule has 1 aromatic carbocycles. The van der Waals surface area contributed by atoms with Crippen LogP contribution in [-0.4, -0.2) is 54.7 Å². The van der Waals surface area contributed by atoms with Crippen LogP contribution in [0.15, 0.2) is 35.2 Å². The van der Waals surface area contributed by atoms with Crippen molar-refractivity contribution >= 4 is 21.6 Å². The van der Waals surface area contributed by atoms with Crippen LogP contribution in [0.1, 0.15) is 37.1 Å². The molecule has 1 amide bonds. The van der Waals surface area contributed by atoms with E-state index < -0.39 is 33.7 Å². The molecule has 1 unspecified atom stereocenters. The van der Waals surface area contributed by atoms with Crippen molar-refractivity contribution < 1.29 is 31.1 Å². The van der Waals surface area contributed by atoms with Crippen molar-refractivity contribution in [2.24, 2.45) is 5.92 Å². The van der Waals surface area contributed by atoms with E-state index in [0.29, 0.717) is 24.6 Å². The molecule has 0 spiro atoms. The summed E-state index contributed by atoms with van der Waals surface area (Å²) in [6.07, 6.45) is -2.92. The van der Waals surface area contributed by atoms with E-state index in [2.05, 4.69) is 10.4 Å². The Morgan fingerprint density at radius 2 is 1.85 bits per heavy atom. The second kappa shape index (κ2) is 9.07. The number of sulfonamides is 1. The normalized spacial score (nSPS) is 18.8. The van der Waals surface area contributed by atoms with Gasteiger partial charge in [-0.2, -0.15) is 22.6 Å². The van der Waals surface area contributed by atoms with E-state index in [1.54, 1.807) is 6.92 Å². The lowest BCUT2D eigenvalue weighted by Crippen LogP contribution is -2.40. The lowest BCUT2D eigenvalue weighted by atomic mass is 10.1. The summed E-state index contributed by atoms with van der Waals surface area (Å²) in [4.78, 5) is 12.7. The predicted octanol–water partition coefficient (Wildman–Crippen LogP) is 3.08. The number of carbonyl (C=O) groups excluding carboxylic acids is 1. The van der Waals surface area contributed by atoms with E-state index in [4.69, 9.17) is 4.74 Å². The number of nitrogens with zero attached hydrogens (tertiary/aromatic N) is 3. The first kappa shape index (κ1) is 23.7. The molecule has 12 heteroatoms. The summed E-state index contributed by atoms with van der Waals surface area (Å²) in [5.41, 5.74) is -0.0552. The molecule has 1 aliphatic carbocycles. The Morgan fingerprint density at radius 1 is 1.21 bits per heavy atom. The highest BCUT2D eigenvalue weighted by molar-refractivity contribution is 7.89. The van der Waals surface area contributed by atoms with Crippen molar-refractivity contribution in [1.82, 2.24) is 14.1 Å². The third-order valence-corrected chi connectivity index (χ3v) is 7.63. The molecule has 2 aliphatic rings. The second-order valence-electron chi connectivity index (χ2n) is 8.34. The Balaban J connectivity index is 1.41. The number of nitrogens with one attached hydrogen (secondary N) is 1. The number of morpholine rings is 1. The van der Waals surface area contributed by atoms with Crippen molar-refractivity contribution in [3.63, 3.8) is 0 Å². The van der Waals surface area contributed by atoms with Crippen molar-refractivity contribution in [2.45, 2.75) is 43.3 Å². The second-order valence-corrected chi connectivity index (χ2v) is 10.3. The monoisotopic (exact) mass is 486 g/mol. The molecule has 180 valence electrons. The first-order valence-corrected chi connectivity index (χ1v) is 12.1. The van der Waals surface area contributed by atoms with Gasteiger partial charge in [0.2, 0.25) is 15.9 Å². The average molecular weight is 487 g/mol. The largest absolute Gasteiger partial charge is 0.435 e. The Morgan fingerprint density at radius 3 is 2.42 bits per heavy atom. The van der Waals surface area contributed by atoms with Gasteiger partial charge in [0.25, 0.3) is 0 Å². The van der Waals surface area contributed by atoms with Crippen LogP contribution in [-0.2, 0) is 32.3 Å². The van der Waals surface area contributed by atoms with Crippen molar-refractivity contribution in [1.29, 1.82) is 0 Å². The van der Waals surface area contributed by atoms with Crippen LogP contribution in [0, 0.1) is 5.92 Å². The van der Waals surface area contributed by atoms with E-state index in [1.165, 1.54) is 33.3 Å². The van der Waals surface area contributed by atoms with Crippen LogP contribution in [0.25, 0.3) is 0 Å². The summed E-state index contributed by atoms with van der Waals surface area (Å²) in [7, 11) is -3.64. The van der Waals surface area contributed by atoms with Gasteiger partial charge in [-0.15, -0.1) is 0 Å². The lowest BCUT2D eigenvalue weighted by Gasteiger charge is -2.26. The maximum Gasteiger partial charge on any atom is 0.435 e. The van der Waals surface area contributed by atoms with Crippen molar-refractivity contribution in [3.8, 4) is 0 Å². The molecular weight excluding hydrogens is 461 g/mol. The topological polar surface area (TPSA) is 93.5 Å². The molecule has 8 nitrogen and oxygen atoms in total. The summed E-state index contributed by atoms with van der Waals surface area (Å²) in [5.74, 6) is -1.00. The number of hydrogen-bond acceptors (Lipinski definition) is 5. The molecule has 2 fully saturated rings. The average Bonchev–Trinajstić information content (AvgIpc) is 3.53. The number of aromatic nitrogens is 2. The number of alkyl halides is 3. The van der Waals surface area contributed by atoms with Crippen molar-refractivity contribution in [2.75, 3.05) is 31.6 Å². The molecule has 1 atom stereocenters. The fourth-order valence-electron chi connectivity index (χ4n) is 3.68. The first-order chi connectivity index (χ1) is 15.6. The molecule has 33 heavy (non-hydrogen) atoms. The van der Waals surface area contributed by atoms with Gasteiger partial charge >= 0.3 is 6.18 Å². The minimum absolute atomic E-state index is 0.0112. The first-order valence-electron chi connectivity index (χ1n) is 10.7. The Bertz CT molecular complexity index is 1110. The third kappa shape index (κ3) is 5.39. The zero-order chi connectivity index (χ0) is 23.8. The van der Waals surface area contributed by atoms with Gasteiger partial charge < -0.3 is 10.1 Å². The standard InChI is InChI=1S/C21H25F3N4O4S/c1-14(13-28-18(15-2-3-15)12-19(26-28)21(22,23)24)20(29)25-16-4-6-17(7-5-16)33(30,31)27-8-10-32-11-9-27/h4-7,12,14-15H,2-3,8-11,13H2,1H3,(H,25,29). The molecule has 2 heterocycles. The molecule has 0 radical (unpaired) electrons. The number of benzene rings is 1. The van der Waals surface area contributed by atoms with Gasteiger partial charge in [-0.3, -0.25) is 9.48 Å². The molecule has 1 saturated carbocycles. The van der Waals surface area contributed by atoms with Gasteiger partial charge in [0.05, 0.1) is 30.6 Å². The van der Waals surface area contributed by atoms with Gasteiger partial charge in [-0.25, -0.2) is 8.42 Å². The lowest BCUT2D eigenvalue weighted by molar-refractivity contribution is -0.141. The molecule has 1 saturated heterocycles. The Kier molecular flexibility index (Phi) is 6.52. The smallest absolute Gasteiger partial charge is 0.379 e. The number of amides is 1. The maximum atomic E-state index is 13.1. The van der Waals surface area contributed by atoms with Crippen LogP contribution in [0.5, 0.6) is 0 Å². The highest BCUT2D eigenvalue weighted by Gasteiger charge is 2.38. The fourth-order valence-corrected chi connectivity index (χ4v) is 5.09. The maximum absolute atomic E-state index is 13.1. The van der Waals surface area contributed by atoms with E-state index in [9.17, 15) is 26.4 Å². The van der Waals surface area contributed by atoms with E-state index in [0.717, 1.165) is 18.9 Å². The third-order valence-electron chi connectivity index (χ3n) is 5.72. The van der Waals surface area contributed by atoms with Gasteiger partial charge in [0.1, 0.15) is 0 Å². The quantitative estimate of drug-likeness (QED) is 0.649. The summed E-state index contributed by atoms with van der Waals surface area (Å²) in [5, 5.41) is 6.38. The van der Waals surface area contributed by atoms with Crippen LogP contribution >= 0.6 is 0 Å². The Hall–Kier alpha value is -2.44. The molecule has 1 aliphatic heterocycles. The Labute approximate surface area is 189 Å². The summed E-state index contributed by atoms with van der Waals surface area (Å²) >= 11 is 0. The minimum Gasteiger partial charge on any atom is -0.379 e. The fraction of sp³-hybridized carbons (Fsp3) is 0.524. The summed E-state index contributed by atoms with van der Waals surface area (Å²) in [6, 6.07) is 6.88. The number of anilines is 1. The summed E-state index contributed by atoms with van der Waals surface area (Å²) in [6.45, 7) is 2.87. The summed E-state index contributed by atoms with van der Waals surface area (Å²) < 4.78 is 72.4. The molecular formula is C21H25F3N4O4S. The van der Waals surface area contributed by atoms with Gasteiger partial charge in [-0.05, 0) is 43.2 Å². The van der Waals surface area contributed by atoms with Gasteiger partial charge in [0, 0.05) is 30.4 Å². The highest BCUT2D eigenvalue weighted by atomic mass is 32.2. The van der Waals surface area contributed by atoms with Crippen molar-refractivity contribution in [3.05, 3.63) is 41.7 Å². The van der Waals surface area contributed by atoms with E-state index in [1.807, 2.05) is 0 Å². The van der Waals surface area contributed by atoms with Crippen LogP contribution < -0.4 is 5.32 Å². The van der Waals surface area contributed by atoms with Crippen LogP contribution in [0.2, 0.25) is 0 Å². The highest BCUT2D eigenvalue weighted by Crippen LogP contribution is 2.42. The predicted molar refractivity (Wildman–Crippen MR) is 113 cm³/mol. The number of carbonyl (C=O) groups is 1. The number of ether oxygens (including phenoxy) is 1. The van der Waals surface area contributed by atoms with Gasteiger partial charge in [0.15, 0.2) is 5.69 Å².